The molecule has 0 amide bonds. The van der Waals surface area contributed by atoms with E-state index in [-0.39, 0.29) is 0 Å². The first-order valence-electron chi connectivity index (χ1n) is 9.72. The molecule has 2 N–H and O–H groups in total. The minimum atomic E-state index is 0.383. The van der Waals surface area contributed by atoms with Crippen LogP contribution in [-0.4, -0.2) is 59.0 Å². The number of benzene rings is 1. The van der Waals surface area contributed by atoms with Gasteiger partial charge in [0, 0.05) is 51.1 Å². The van der Waals surface area contributed by atoms with Crippen molar-refractivity contribution in [1.29, 1.82) is 0 Å². The Morgan fingerprint density at radius 3 is 2.96 bits per heavy atom. The van der Waals surface area contributed by atoms with Crippen LogP contribution in [0.25, 0.3) is 0 Å². The lowest BCUT2D eigenvalue weighted by atomic mass is 10.0. The second kappa shape index (κ2) is 9.67. The maximum Gasteiger partial charge on any atom is 0.191 e. The first-order chi connectivity index (χ1) is 12.8. The van der Waals surface area contributed by atoms with E-state index >= 15 is 0 Å². The van der Waals surface area contributed by atoms with Gasteiger partial charge >= 0.3 is 0 Å². The van der Waals surface area contributed by atoms with E-state index in [9.17, 15) is 0 Å². The molecule has 0 radical (unpaired) electrons. The van der Waals surface area contributed by atoms with Crippen LogP contribution in [0.1, 0.15) is 25.7 Å². The minimum absolute atomic E-state index is 0.383. The fraction of sp³-hybridized carbons (Fsp3) is 0.650. The highest BCUT2D eigenvalue weighted by molar-refractivity contribution is 5.80. The summed E-state index contributed by atoms with van der Waals surface area (Å²) in [5, 5.41) is 6.92. The number of nitrogens with zero attached hydrogens (tertiary/aromatic N) is 2. The number of piperidine rings is 1. The van der Waals surface area contributed by atoms with Gasteiger partial charge in [-0.15, -0.1) is 0 Å². The summed E-state index contributed by atoms with van der Waals surface area (Å²) in [6.45, 7) is 4.47. The lowest BCUT2D eigenvalue weighted by molar-refractivity contribution is 0.129. The Kier molecular flexibility index (Phi) is 7.00. The molecule has 1 saturated carbocycles. The number of rotatable bonds is 8. The molecule has 1 heterocycles. The van der Waals surface area contributed by atoms with Gasteiger partial charge in [0.2, 0.25) is 0 Å². The van der Waals surface area contributed by atoms with E-state index in [1.165, 1.54) is 18.5 Å². The van der Waals surface area contributed by atoms with E-state index in [1.807, 2.05) is 19.2 Å². The molecule has 0 bridgehead atoms. The minimum Gasteiger partial charge on any atom is -0.497 e. The zero-order chi connectivity index (χ0) is 18.2. The number of hydrogen-bond acceptors (Lipinski definition) is 4. The van der Waals surface area contributed by atoms with E-state index in [0.29, 0.717) is 6.04 Å². The molecule has 0 spiro atoms. The van der Waals surface area contributed by atoms with E-state index in [2.05, 4.69) is 32.7 Å². The number of ether oxygens (including phenoxy) is 2. The lowest BCUT2D eigenvalue weighted by Gasteiger charge is -2.35. The molecule has 26 heavy (non-hydrogen) atoms. The Hall–Kier alpha value is -1.95. The van der Waals surface area contributed by atoms with E-state index < -0.39 is 0 Å². The number of anilines is 1. The van der Waals surface area contributed by atoms with Crippen molar-refractivity contribution in [3.05, 3.63) is 24.3 Å². The summed E-state index contributed by atoms with van der Waals surface area (Å²) in [6.07, 6.45) is 4.99. The highest BCUT2D eigenvalue weighted by Crippen LogP contribution is 2.28. The van der Waals surface area contributed by atoms with Crippen molar-refractivity contribution in [2.75, 3.05) is 51.9 Å². The molecule has 1 unspecified atom stereocenters. The summed E-state index contributed by atoms with van der Waals surface area (Å²) in [7, 11) is 3.53. The molecule has 1 aromatic rings. The van der Waals surface area contributed by atoms with Gasteiger partial charge in [-0.05, 0) is 43.7 Å². The third kappa shape index (κ3) is 5.80. The summed E-state index contributed by atoms with van der Waals surface area (Å²) < 4.78 is 11.0. The highest BCUT2D eigenvalue weighted by atomic mass is 16.5. The fourth-order valence-corrected chi connectivity index (χ4v) is 3.30. The van der Waals surface area contributed by atoms with Crippen molar-refractivity contribution in [2.45, 2.75) is 31.7 Å². The van der Waals surface area contributed by atoms with Crippen molar-refractivity contribution in [3.8, 4) is 5.75 Å². The molecule has 1 aromatic carbocycles. The Bertz CT molecular complexity index is 589. The van der Waals surface area contributed by atoms with Crippen LogP contribution in [0.2, 0.25) is 0 Å². The molecule has 2 aliphatic rings. The average Bonchev–Trinajstić information content (AvgIpc) is 3.51. The molecule has 2 fully saturated rings. The summed E-state index contributed by atoms with van der Waals surface area (Å²) in [4.78, 5) is 6.77. The van der Waals surface area contributed by atoms with Crippen LogP contribution >= 0.6 is 0 Å². The molecule has 1 atom stereocenters. The topological polar surface area (TPSA) is 58.1 Å². The third-order valence-corrected chi connectivity index (χ3v) is 4.99. The van der Waals surface area contributed by atoms with E-state index in [0.717, 1.165) is 63.3 Å². The van der Waals surface area contributed by atoms with Crippen LogP contribution < -0.4 is 20.3 Å². The maximum absolute atomic E-state index is 5.67. The van der Waals surface area contributed by atoms with Gasteiger partial charge in [0.25, 0.3) is 0 Å². The Morgan fingerprint density at radius 2 is 2.19 bits per heavy atom. The van der Waals surface area contributed by atoms with Gasteiger partial charge in [-0.3, -0.25) is 4.99 Å². The second-order valence-corrected chi connectivity index (χ2v) is 7.15. The third-order valence-electron chi connectivity index (χ3n) is 4.99. The van der Waals surface area contributed by atoms with Crippen LogP contribution in [0.4, 0.5) is 5.69 Å². The van der Waals surface area contributed by atoms with Crippen LogP contribution in [0.5, 0.6) is 5.75 Å². The molecule has 1 aliphatic carbocycles. The first-order valence-corrected chi connectivity index (χ1v) is 9.72. The van der Waals surface area contributed by atoms with Gasteiger partial charge in [0.1, 0.15) is 5.75 Å². The van der Waals surface area contributed by atoms with Crippen molar-refractivity contribution >= 4 is 11.6 Å². The van der Waals surface area contributed by atoms with Gasteiger partial charge in [-0.25, -0.2) is 0 Å². The van der Waals surface area contributed by atoms with Crippen molar-refractivity contribution in [2.24, 2.45) is 10.9 Å². The lowest BCUT2D eigenvalue weighted by Crippen LogP contribution is -2.51. The van der Waals surface area contributed by atoms with Crippen molar-refractivity contribution < 1.29 is 9.47 Å². The normalized spacial score (nSPS) is 20.8. The number of hydrogen-bond donors (Lipinski definition) is 2. The smallest absolute Gasteiger partial charge is 0.191 e. The quantitative estimate of drug-likeness (QED) is 0.423. The number of nitrogens with one attached hydrogen (secondary N) is 2. The molecule has 6 nitrogen and oxygen atoms in total. The zero-order valence-electron chi connectivity index (χ0n) is 16.0. The van der Waals surface area contributed by atoms with E-state index in [1.54, 1.807) is 7.11 Å². The summed E-state index contributed by atoms with van der Waals surface area (Å²) in [5.74, 6) is 2.58. The Balaban J connectivity index is 1.43. The average molecular weight is 361 g/mol. The Morgan fingerprint density at radius 1 is 1.31 bits per heavy atom. The van der Waals surface area contributed by atoms with Crippen LogP contribution in [0.15, 0.2) is 29.3 Å². The van der Waals surface area contributed by atoms with Crippen molar-refractivity contribution in [3.63, 3.8) is 0 Å². The maximum atomic E-state index is 5.67. The SMILES string of the molecule is CN=C(NCCOCC1CC1)NC1CCCN(c2cccc(OC)c2)C1. The Labute approximate surface area is 157 Å². The fourth-order valence-electron chi connectivity index (χ4n) is 3.30. The number of aliphatic imine (C=N–C) groups is 1. The first kappa shape index (κ1) is 18.8. The predicted octanol–water partition coefficient (Wildman–Crippen LogP) is 2.26. The molecule has 6 heteroatoms. The summed E-state index contributed by atoms with van der Waals surface area (Å²) in [6, 6.07) is 8.67. The van der Waals surface area contributed by atoms with Gasteiger partial charge in [0.15, 0.2) is 5.96 Å². The highest BCUT2D eigenvalue weighted by Gasteiger charge is 2.22. The molecule has 1 aliphatic heterocycles. The molecule has 1 saturated heterocycles. The molecule has 144 valence electrons. The van der Waals surface area contributed by atoms with Crippen LogP contribution in [-0.2, 0) is 4.74 Å². The largest absolute Gasteiger partial charge is 0.497 e. The molecule has 3 rings (SSSR count). The summed E-state index contributed by atoms with van der Waals surface area (Å²) in [5.41, 5.74) is 1.22. The van der Waals surface area contributed by atoms with Gasteiger partial charge in [0.05, 0.1) is 13.7 Å². The molecule has 0 aromatic heterocycles. The standard InChI is InChI=1S/C20H32N4O2/c1-21-20(22-10-12-26-15-16-8-9-16)23-17-5-4-11-24(14-17)18-6-3-7-19(13-18)25-2/h3,6-7,13,16-17H,4-5,8-12,14-15H2,1-2H3,(H2,21,22,23). The van der Waals surface area contributed by atoms with Crippen molar-refractivity contribution in [1.82, 2.24) is 10.6 Å². The monoisotopic (exact) mass is 360 g/mol. The van der Waals surface area contributed by atoms with Gasteiger partial charge in [-0.2, -0.15) is 0 Å². The van der Waals surface area contributed by atoms with E-state index in [4.69, 9.17) is 9.47 Å². The van der Waals surface area contributed by atoms with Gasteiger partial charge < -0.3 is 25.0 Å². The number of guanidine groups is 1. The predicted molar refractivity (Wildman–Crippen MR) is 106 cm³/mol. The molecular formula is C20H32N4O2. The zero-order valence-corrected chi connectivity index (χ0v) is 16.0. The number of methoxy groups -OCH3 is 1. The summed E-state index contributed by atoms with van der Waals surface area (Å²) >= 11 is 0. The second-order valence-electron chi connectivity index (χ2n) is 7.15. The van der Waals surface area contributed by atoms with Crippen LogP contribution in [0.3, 0.4) is 0 Å². The molecular weight excluding hydrogens is 328 g/mol. The van der Waals surface area contributed by atoms with Crippen LogP contribution in [0, 0.1) is 5.92 Å². The van der Waals surface area contributed by atoms with Gasteiger partial charge in [-0.1, -0.05) is 6.07 Å².